The number of halogens is 1. The topological polar surface area (TPSA) is 62.8 Å². The highest BCUT2D eigenvalue weighted by Gasteiger charge is 2.10. The van der Waals surface area contributed by atoms with Crippen molar-refractivity contribution in [2.24, 2.45) is 0 Å². The van der Waals surface area contributed by atoms with Crippen molar-refractivity contribution in [2.75, 3.05) is 44.8 Å². The van der Waals surface area contributed by atoms with Crippen LogP contribution in [0.5, 0.6) is 5.75 Å². The van der Waals surface area contributed by atoms with E-state index in [2.05, 4.69) is 15.5 Å². The van der Waals surface area contributed by atoms with E-state index in [9.17, 15) is 4.79 Å². The predicted octanol–water partition coefficient (Wildman–Crippen LogP) is 3.37. The summed E-state index contributed by atoms with van der Waals surface area (Å²) in [6, 6.07) is 14.5. The van der Waals surface area contributed by atoms with Gasteiger partial charge in [-0.1, -0.05) is 29.8 Å². The average Bonchev–Trinajstić information content (AvgIpc) is 2.68. The highest BCUT2D eigenvalue weighted by atomic mass is 35.5. The third-order valence-electron chi connectivity index (χ3n) is 4.21. The summed E-state index contributed by atoms with van der Waals surface area (Å²) in [6.45, 7) is 5.41. The second kappa shape index (κ2) is 10.2. The van der Waals surface area contributed by atoms with Gasteiger partial charge in [-0.2, -0.15) is 0 Å². The molecule has 27 heavy (non-hydrogen) atoms. The number of hydrogen-bond acceptors (Lipinski definition) is 4. The maximum Gasteiger partial charge on any atom is 0.319 e. The highest BCUT2D eigenvalue weighted by molar-refractivity contribution is 6.30. The molecule has 1 aliphatic rings. The van der Waals surface area contributed by atoms with Crippen molar-refractivity contribution in [3.05, 3.63) is 59.1 Å². The minimum absolute atomic E-state index is 0.282. The van der Waals surface area contributed by atoms with E-state index in [1.807, 2.05) is 24.3 Å². The van der Waals surface area contributed by atoms with Gasteiger partial charge in [-0.3, -0.25) is 4.90 Å². The summed E-state index contributed by atoms with van der Waals surface area (Å²) in [5.74, 6) is 0.804. The van der Waals surface area contributed by atoms with Crippen molar-refractivity contribution in [1.82, 2.24) is 10.2 Å². The van der Waals surface area contributed by atoms with Gasteiger partial charge in [0.05, 0.1) is 13.2 Å². The largest absolute Gasteiger partial charge is 0.492 e. The van der Waals surface area contributed by atoms with Crippen LogP contribution >= 0.6 is 11.6 Å². The van der Waals surface area contributed by atoms with Crippen molar-refractivity contribution in [3.63, 3.8) is 0 Å². The fourth-order valence-corrected chi connectivity index (χ4v) is 2.98. The Hall–Kier alpha value is -2.28. The van der Waals surface area contributed by atoms with Crippen LogP contribution in [0.15, 0.2) is 48.5 Å². The Balaban J connectivity index is 1.42. The molecular formula is C20H24ClN3O3. The second-order valence-corrected chi connectivity index (χ2v) is 6.70. The van der Waals surface area contributed by atoms with Gasteiger partial charge in [-0.15, -0.1) is 0 Å². The third kappa shape index (κ3) is 6.75. The Morgan fingerprint density at radius 1 is 1.15 bits per heavy atom. The standard InChI is InChI=1S/C20H24ClN3O3/c21-17-4-2-5-18(14-17)23-20(25)22-15-16-3-1-6-19(13-16)27-12-9-24-7-10-26-11-8-24/h1-6,13-14H,7-12,15H2,(H2,22,23,25). The first-order valence-electron chi connectivity index (χ1n) is 9.01. The molecule has 1 fully saturated rings. The summed E-state index contributed by atoms with van der Waals surface area (Å²) < 4.78 is 11.2. The molecule has 1 heterocycles. The molecule has 0 atom stereocenters. The summed E-state index contributed by atoms with van der Waals surface area (Å²) in [5.41, 5.74) is 1.63. The summed E-state index contributed by atoms with van der Waals surface area (Å²) in [7, 11) is 0. The summed E-state index contributed by atoms with van der Waals surface area (Å²) >= 11 is 5.92. The van der Waals surface area contributed by atoms with Crippen LogP contribution in [0.1, 0.15) is 5.56 Å². The van der Waals surface area contributed by atoms with Crippen LogP contribution in [0.25, 0.3) is 0 Å². The van der Waals surface area contributed by atoms with Gasteiger partial charge in [0, 0.05) is 36.9 Å². The molecule has 0 radical (unpaired) electrons. The molecule has 0 unspecified atom stereocenters. The van der Waals surface area contributed by atoms with Gasteiger partial charge in [0.2, 0.25) is 0 Å². The van der Waals surface area contributed by atoms with Crippen LogP contribution in [-0.4, -0.2) is 50.4 Å². The van der Waals surface area contributed by atoms with Crippen LogP contribution in [0.3, 0.4) is 0 Å². The number of hydrogen-bond donors (Lipinski definition) is 2. The quantitative estimate of drug-likeness (QED) is 0.762. The van der Waals surface area contributed by atoms with Crippen molar-refractivity contribution in [3.8, 4) is 5.75 Å². The highest BCUT2D eigenvalue weighted by Crippen LogP contribution is 2.15. The van der Waals surface area contributed by atoms with Gasteiger partial charge in [0.1, 0.15) is 12.4 Å². The van der Waals surface area contributed by atoms with E-state index in [1.54, 1.807) is 24.3 Å². The fourth-order valence-electron chi connectivity index (χ4n) is 2.79. The van der Waals surface area contributed by atoms with Crippen molar-refractivity contribution < 1.29 is 14.3 Å². The number of carbonyl (C=O) groups is 1. The Morgan fingerprint density at radius 2 is 1.96 bits per heavy atom. The molecule has 3 rings (SSSR count). The zero-order valence-electron chi connectivity index (χ0n) is 15.1. The predicted molar refractivity (Wildman–Crippen MR) is 107 cm³/mol. The number of morpholine rings is 1. The molecule has 0 spiro atoms. The lowest BCUT2D eigenvalue weighted by atomic mass is 10.2. The molecule has 2 aromatic carbocycles. The molecule has 2 amide bonds. The van der Waals surface area contributed by atoms with Gasteiger partial charge < -0.3 is 20.1 Å². The molecule has 144 valence electrons. The van der Waals surface area contributed by atoms with Gasteiger partial charge in [0.15, 0.2) is 0 Å². The Bertz CT molecular complexity index is 751. The minimum Gasteiger partial charge on any atom is -0.492 e. The number of amides is 2. The van der Waals surface area contributed by atoms with E-state index in [0.717, 1.165) is 44.2 Å². The SMILES string of the molecule is O=C(NCc1cccc(OCCN2CCOCC2)c1)Nc1cccc(Cl)c1. The Labute approximate surface area is 164 Å². The van der Waals surface area contributed by atoms with Crippen molar-refractivity contribution in [2.45, 2.75) is 6.54 Å². The first-order valence-corrected chi connectivity index (χ1v) is 9.39. The molecule has 0 bridgehead atoms. The van der Waals surface area contributed by atoms with E-state index < -0.39 is 0 Å². The number of anilines is 1. The Morgan fingerprint density at radius 3 is 2.78 bits per heavy atom. The molecule has 2 aromatic rings. The van der Waals surface area contributed by atoms with Crippen LogP contribution in [0, 0.1) is 0 Å². The first kappa shape index (κ1) is 19.5. The number of rotatable bonds is 7. The van der Waals surface area contributed by atoms with E-state index in [1.165, 1.54) is 0 Å². The van der Waals surface area contributed by atoms with E-state index in [4.69, 9.17) is 21.1 Å². The number of benzene rings is 2. The zero-order chi connectivity index (χ0) is 18.9. The lowest BCUT2D eigenvalue weighted by molar-refractivity contribution is 0.0322. The lowest BCUT2D eigenvalue weighted by Crippen LogP contribution is -2.38. The number of urea groups is 1. The van der Waals surface area contributed by atoms with Gasteiger partial charge in [-0.25, -0.2) is 4.79 Å². The smallest absolute Gasteiger partial charge is 0.319 e. The van der Waals surface area contributed by atoms with Crippen LogP contribution in [0.2, 0.25) is 5.02 Å². The molecule has 7 heteroatoms. The third-order valence-corrected chi connectivity index (χ3v) is 4.45. The average molecular weight is 390 g/mol. The molecule has 2 N–H and O–H groups in total. The summed E-state index contributed by atoms with van der Waals surface area (Å²) in [5, 5.41) is 6.17. The number of carbonyl (C=O) groups excluding carboxylic acids is 1. The molecule has 1 aliphatic heterocycles. The van der Waals surface area contributed by atoms with Crippen LogP contribution in [-0.2, 0) is 11.3 Å². The van der Waals surface area contributed by atoms with Crippen molar-refractivity contribution in [1.29, 1.82) is 0 Å². The lowest BCUT2D eigenvalue weighted by Gasteiger charge is -2.26. The first-order chi connectivity index (χ1) is 13.2. The molecular weight excluding hydrogens is 366 g/mol. The molecule has 1 saturated heterocycles. The number of ether oxygens (including phenoxy) is 2. The van der Waals surface area contributed by atoms with Crippen molar-refractivity contribution >= 4 is 23.3 Å². The maximum absolute atomic E-state index is 12.0. The second-order valence-electron chi connectivity index (χ2n) is 6.27. The number of nitrogens with zero attached hydrogens (tertiary/aromatic N) is 1. The van der Waals surface area contributed by atoms with E-state index in [-0.39, 0.29) is 6.03 Å². The van der Waals surface area contributed by atoms with Crippen LogP contribution < -0.4 is 15.4 Å². The molecule has 0 saturated carbocycles. The minimum atomic E-state index is -0.282. The summed E-state index contributed by atoms with van der Waals surface area (Å²) in [4.78, 5) is 14.3. The van der Waals surface area contributed by atoms with E-state index in [0.29, 0.717) is 23.9 Å². The zero-order valence-corrected chi connectivity index (χ0v) is 15.9. The van der Waals surface area contributed by atoms with Crippen LogP contribution in [0.4, 0.5) is 10.5 Å². The van der Waals surface area contributed by atoms with Gasteiger partial charge >= 0.3 is 6.03 Å². The van der Waals surface area contributed by atoms with Gasteiger partial charge in [-0.05, 0) is 35.9 Å². The molecule has 0 aliphatic carbocycles. The normalized spacial score (nSPS) is 14.6. The van der Waals surface area contributed by atoms with E-state index >= 15 is 0 Å². The monoisotopic (exact) mass is 389 g/mol. The molecule has 0 aromatic heterocycles. The molecule has 6 nitrogen and oxygen atoms in total. The fraction of sp³-hybridized carbons (Fsp3) is 0.350. The maximum atomic E-state index is 12.0. The number of nitrogens with one attached hydrogen (secondary N) is 2. The van der Waals surface area contributed by atoms with Gasteiger partial charge in [0.25, 0.3) is 0 Å². The summed E-state index contributed by atoms with van der Waals surface area (Å²) in [6.07, 6.45) is 0. The Kier molecular flexibility index (Phi) is 7.33.